The van der Waals surface area contributed by atoms with E-state index in [0.29, 0.717) is 12.0 Å². The summed E-state index contributed by atoms with van der Waals surface area (Å²) in [5.41, 5.74) is 9.59. The van der Waals surface area contributed by atoms with Gasteiger partial charge in [0, 0.05) is 6.04 Å². The van der Waals surface area contributed by atoms with Crippen LogP contribution in [-0.4, -0.2) is 24.0 Å². The first-order valence-corrected chi connectivity index (χ1v) is 8.16. The average molecular weight is 274 g/mol. The maximum atomic E-state index is 6.98. The molecule has 0 spiro atoms. The van der Waals surface area contributed by atoms with Crippen LogP contribution in [0.2, 0.25) is 0 Å². The highest BCUT2D eigenvalue weighted by Gasteiger charge is 2.47. The zero-order valence-electron chi connectivity index (χ0n) is 13.5. The lowest BCUT2D eigenvalue weighted by atomic mass is 9.78. The maximum absolute atomic E-state index is 6.98. The lowest BCUT2D eigenvalue weighted by Gasteiger charge is -2.43. The topological polar surface area (TPSA) is 29.3 Å². The third-order valence-corrected chi connectivity index (χ3v) is 4.87. The van der Waals surface area contributed by atoms with Crippen LogP contribution >= 0.6 is 0 Å². The Hall–Kier alpha value is -0.860. The number of rotatable bonds is 6. The monoisotopic (exact) mass is 274 g/mol. The second-order valence-electron chi connectivity index (χ2n) is 6.50. The van der Waals surface area contributed by atoms with Gasteiger partial charge in [0.1, 0.15) is 0 Å². The van der Waals surface area contributed by atoms with Crippen LogP contribution in [0.4, 0.5) is 0 Å². The molecule has 2 heteroatoms. The molecule has 0 aliphatic heterocycles. The summed E-state index contributed by atoms with van der Waals surface area (Å²) in [7, 11) is 0. The van der Waals surface area contributed by atoms with Gasteiger partial charge in [-0.2, -0.15) is 0 Å². The Labute approximate surface area is 124 Å². The molecule has 0 amide bonds. The van der Waals surface area contributed by atoms with E-state index < -0.39 is 0 Å². The summed E-state index contributed by atoms with van der Waals surface area (Å²) in [5.74, 6) is 0.451. The number of hydrogen-bond donors (Lipinski definition) is 1. The normalized spacial score (nSPS) is 25.4. The summed E-state index contributed by atoms with van der Waals surface area (Å²) in [6.07, 6.45) is 3.49. The third kappa shape index (κ3) is 2.51. The predicted molar refractivity (Wildman–Crippen MR) is 86.8 cm³/mol. The minimum absolute atomic E-state index is 0.207. The molecule has 0 bridgehead atoms. The first-order valence-electron chi connectivity index (χ1n) is 8.16. The average Bonchev–Trinajstić information content (AvgIpc) is 2.74. The van der Waals surface area contributed by atoms with Crippen LogP contribution in [0.3, 0.4) is 0 Å². The van der Waals surface area contributed by atoms with E-state index in [1.54, 1.807) is 0 Å². The highest BCUT2D eigenvalue weighted by atomic mass is 15.2. The van der Waals surface area contributed by atoms with Crippen LogP contribution in [-0.2, 0) is 12.0 Å². The van der Waals surface area contributed by atoms with Crippen molar-refractivity contribution in [2.45, 2.75) is 58.5 Å². The molecule has 2 atom stereocenters. The van der Waals surface area contributed by atoms with Gasteiger partial charge in [-0.1, -0.05) is 52.0 Å². The van der Waals surface area contributed by atoms with E-state index in [0.717, 1.165) is 19.5 Å². The molecule has 0 saturated heterocycles. The minimum Gasteiger partial charge on any atom is -0.320 e. The lowest BCUT2D eigenvalue weighted by Crippen LogP contribution is -2.57. The van der Waals surface area contributed by atoms with Crippen molar-refractivity contribution in [1.29, 1.82) is 0 Å². The first-order chi connectivity index (χ1) is 9.55. The van der Waals surface area contributed by atoms with Gasteiger partial charge in [-0.3, -0.25) is 4.90 Å². The van der Waals surface area contributed by atoms with Gasteiger partial charge in [-0.25, -0.2) is 0 Å². The highest BCUT2D eigenvalue weighted by molar-refractivity contribution is 5.42. The SMILES string of the molecule is CCCN(CCC)C1Cc2ccccc2C1(N)C(C)C. The number of hydrogen-bond acceptors (Lipinski definition) is 2. The van der Waals surface area contributed by atoms with Gasteiger partial charge in [0.2, 0.25) is 0 Å². The fraction of sp³-hybridized carbons (Fsp3) is 0.667. The van der Waals surface area contributed by atoms with E-state index >= 15 is 0 Å². The second-order valence-corrected chi connectivity index (χ2v) is 6.50. The van der Waals surface area contributed by atoms with E-state index in [4.69, 9.17) is 5.73 Å². The Morgan fingerprint density at radius 2 is 1.80 bits per heavy atom. The molecule has 1 aromatic rings. The van der Waals surface area contributed by atoms with Gasteiger partial charge in [-0.05, 0) is 49.4 Å². The third-order valence-electron chi connectivity index (χ3n) is 4.87. The summed E-state index contributed by atoms with van der Waals surface area (Å²) < 4.78 is 0. The van der Waals surface area contributed by atoms with Crippen LogP contribution in [0.1, 0.15) is 51.7 Å². The van der Waals surface area contributed by atoms with Crippen LogP contribution in [0.15, 0.2) is 24.3 Å². The molecule has 0 fully saturated rings. The van der Waals surface area contributed by atoms with Crippen molar-refractivity contribution >= 4 is 0 Å². The van der Waals surface area contributed by atoms with Crippen LogP contribution in [0.5, 0.6) is 0 Å². The quantitative estimate of drug-likeness (QED) is 0.859. The van der Waals surface area contributed by atoms with Gasteiger partial charge < -0.3 is 5.73 Å². The molecule has 0 aromatic heterocycles. The zero-order valence-corrected chi connectivity index (χ0v) is 13.5. The van der Waals surface area contributed by atoms with Crippen molar-refractivity contribution < 1.29 is 0 Å². The van der Waals surface area contributed by atoms with Crippen LogP contribution in [0, 0.1) is 5.92 Å². The van der Waals surface area contributed by atoms with Crippen molar-refractivity contribution in [1.82, 2.24) is 4.90 Å². The molecule has 20 heavy (non-hydrogen) atoms. The lowest BCUT2D eigenvalue weighted by molar-refractivity contribution is 0.101. The van der Waals surface area contributed by atoms with Gasteiger partial charge >= 0.3 is 0 Å². The molecule has 112 valence electrons. The van der Waals surface area contributed by atoms with E-state index in [-0.39, 0.29) is 5.54 Å². The Kier molecular flexibility index (Phi) is 4.87. The van der Waals surface area contributed by atoms with E-state index in [1.807, 2.05) is 0 Å². The fourth-order valence-corrected chi connectivity index (χ4v) is 3.80. The van der Waals surface area contributed by atoms with Gasteiger partial charge in [0.05, 0.1) is 5.54 Å². The number of nitrogens with zero attached hydrogens (tertiary/aromatic N) is 1. The van der Waals surface area contributed by atoms with Gasteiger partial charge in [0.25, 0.3) is 0 Å². The van der Waals surface area contributed by atoms with Gasteiger partial charge in [0.15, 0.2) is 0 Å². The van der Waals surface area contributed by atoms with Crippen molar-refractivity contribution in [2.75, 3.05) is 13.1 Å². The molecule has 0 radical (unpaired) electrons. The summed E-state index contributed by atoms with van der Waals surface area (Å²) in [6, 6.07) is 9.22. The van der Waals surface area contributed by atoms with Crippen molar-refractivity contribution in [3.05, 3.63) is 35.4 Å². The molecule has 1 aliphatic rings. The molecule has 1 aliphatic carbocycles. The summed E-state index contributed by atoms with van der Waals surface area (Å²) in [5, 5.41) is 0. The molecular weight excluding hydrogens is 244 g/mol. The second kappa shape index (κ2) is 6.28. The maximum Gasteiger partial charge on any atom is 0.0596 e. The van der Waals surface area contributed by atoms with E-state index in [9.17, 15) is 0 Å². The van der Waals surface area contributed by atoms with Crippen molar-refractivity contribution in [2.24, 2.45) is 11.7 Å². The summed E-state index contributed by atoms with van der Waals surface area (Å²) in [6.45, 7) is 11.4. The molecule has 2 nitrogen and oxygen atoms in total. The molecule has 0 saturated carbocycles. The molecule has 2 rings (SSSR count). The number of benzene rings is 1. The number of nitrogens with two attached hydrogens (primary N) is 1. The molecule has 0 heterocycles. The molecule has 1 aromatic carbocycles. The Morgan fingerprint density at radius 1 is 1.20 bits per heavy atom. The minimum atomic E-state index is -0.207. The predicted octanol–water partition coefficient (Wildman–Crippen LogP) is 3.54. The van der Waals surface area contributed by atoms with Crippen LogP contribution in [0.25, 0.3) is 0 Å². The smallest absolute Gasteiger partial charge is 0.0596 e. The van der Waals surface area contributed by atoms with E-state index in [1.165, 1.54) is 24.0 Å². The zero-order chi connectivity index (χ0) is 14.8. The van der Waals surface area contributed by atoms with E-state index in [2.05, 4.69) is 56.9 Å². The Balaban J connectivity index is 2.39. The highest BCUT2D eigenvalue weighted by Crippen LogP contribution is 2.42. The number of fused-ring (bicyclic) bond motifs is 1. The first kappa shape index (κ1) is 15.5. The Bertz CT molecular complexity index is 435. The summed E-state index contributed by atoms with van der Waals surface area (Å²) >= 11 is 0. The van der Waals surface area contributed by atoms with Crippen molar-refractivity contribution in [3.8, 4) is 0 Å². The molecule has 2 unspecified atom stereocenters. The largest absolute Gasteiger partial charge is 0.320 e. The summed E-state index contributed by atoms with van der Waals surface area (Å²) in [4.78, 5) is 2.62. The molecule has 2 N–H and O–H groups in total. The van der Waals surface area contributed by atoms with Crippen molar-refractivity contribution in [3.63, 3.8) is 0 Å². The standard InChI is InChI=1S/C18H30N2/c1-5-11-20(12-6-2)17-13-15-9-7-8-10-16(15)18(17,19)14(3)4/h7-10,14,17H,5-6,11-13,19H2,1-4H3. The Morgan fingerprint density at radius 3 is 2.35 bits per heavy atom. The fourth-order valence-electron chi connectivity index (χ4n) is 3.80. The molecular formula is C18H30N2. The van der Waals surface area contributed by atoms with Crippen LogP contribution < -0.4 is 5.73 Å². The van der Waals surface area contributed by atoms with Gasteiger partial charge in [-0.15, -0.1) is 0 Å².